The number of amides is 3. The predicted molar refractivity (Wildman–Crippen MR) is 112 cm³/mol. The van der Waals surface area contributed by atoms with Crippen molar-refractivity contribution in [3.05, 3.63) is 95.3 Å². The van der Waals surface area contributed by atoms with Gasteiger partial charge in [0.25, 0.3) is 5.91 Å². The monoisotopic (exact) mass is 420 g/mol. The highest BCUT2D eigenvalue weighted by atomic mass is 19.1. The van der Waals surface area contributed by atoms with Crippen LogP contribution in [0.25, 0.3) is 0 Å². The molecule has 0 bridgehead atoms. The predicted octanol–water partition coefficient (Wildman–Crippen LogP) is 3.84. The molecule has 7 heteroatoms. The first-order chi connectivity index (χ1) is 15.0. The largest absolute Gasteiger partial charge is 0.497 e. The summed E-state index contributed by atoms with van der Waals surface area (Å²) in [6.45, 7) is -0.0452. The summed E-state index contributed by atoms with van der Waals surface area (Å²) in [5.41, 5.74) is 0.254. The van der Waals surface area contributed by atoms with Gasteiger partial charge in [-0.25, -0.2) is 9.18 Å². The van der Waals surface area contributed by atoms with Crippen molar-refractivity contribution in [2.45, 2.75) is 12.1 Å². The lowest BCUT2D eigenvalue weighted by atomic mass is 9.82. The number of methoxy groups -OCH3 is 2. The van der Waals surface area contributed by atoms with Crippen molar-refractivity contribution in [3.8, 4) is 11.5 Å². The number of hydrogen-bond donors (Lipinski definition) is 1. The van der Waals surface area contributed by atoms with Gasteiger partial charge >= 0.3 is 6.03 Å². The minimum atomic E-state index is -1.43. The zero-order valence-corrected chi connectivity index (χ0v) is 17.1. The van der Waals surface area contributed by atoms with Gasteiger partial charge in [0.15, 0.2) is 5.54 Å². The maximum Gasteiger partial charge on any atom is 0.325 e. The van der Waals surface area contributed by atoms with Crippen LogP contribution in [0.2, 0.25) is 0 Å². The number of carbonyl (C=O) groups is 2. The fourth-order valence-electron chi connectivity index (χ4n) is 3.78. The van der Waals surface area contributed by atoms with Crippen LogP contribution < -0.4 is 14.8 Å². The second-order valence-electron chi connectivity index (χ2n) is 7.16. The lowest BCUT2D eigenvalue weighted by Crippen LogP contribution is -2.45. The van der Waals surface area contributed by atoms with Crippen LogP contribution in [0.4, 0.5) is 9.18 Å². The molecule has 31 heavy (non-hydrogen) atoms. The van der Waals surface area contributed by atoms with Gasteiger partial charge in [0.05, 0.1) is 20.8 Å². The molecule has 3 aromatic rings. The van der Waals surface area contributed by atoms with E-state index in [9.17, 15) is 14.0 Å². The van der Waals surface area contributed by atoms with Crippen molar-refractivity contribution in [1.82, 2.24) is 10.2 Å². The molecule has 0 saturated carbocycles. The van der Waals surface area contributed by atoms with Gasteiger partial charge in [-0.1, -0.05) is 36.4 Å². The molecular formula is C24H21FN2O4. The Morgan fingerprint density at radius 3 is 1.90 bits per heavy atom. The highest BCUT2D eigenvalue weighted by Gasteiger charge is 2.53. The molecule has 0 atom stereocenters. The Kier molecular flexibility index (Phi) is 5.33. The topological polar surface area (TPSA) is 67.9 Å². The molecule has 0 radical (unpaired) electrons. The third-order valence-corrected chi connectivity index (χ3v) is 5.38. The van der Waals surface area contributed by atoms with Crippen molar-refractivity contribution < 1.29 is 23.5 Å². The van der Waals surface area contributed by atoms with Crippen molar-refractivity contribution in [1.29, 1.82) is 0 Å². The zero-order chi connectivity index (χ0) is 22.0. The smallest absolute Gasteiger partial charge is 0.325 e. The van der Waals surface area contributed by atoms with E-state index in [1.807, 2.05) is 0 Å². The number of ether oxygens (including phenoxy) is 2. The van der Waals surface area contributed by atoms with Crippen LogP contribution in [-0.2, 0) is 16.9 Å². The van der Waals surface area contributed by atoms with Gasteiger partial charge in [0.2, 0.25) is 0 Å². The first-order valence-corrected chi connectivity index (χ1v) is 9.65. The fraction of sp³-hybridized carbons (Fsp3) is 0.167. The Bertz CT molecular complexity index is 1070. The highest BCUT2D eigenvalue weighted by molar-refractivity contribution is 6.09. The van der Waals surface area contributed by atoms with Crippen molar-refractivity contribution >= 4 is 11.9 Å². The number of hydrogen-bond acceptors (Lipinski definition) is 4. The Morgan fingerprint density at radius 1 is 0.871 bits per heavy atom. The minimum absolute atomic E-state index is 0.0452. The fourth-order valence-corrected chi connectivity index (χ4v) is 3.78. The summed E-state index contributed by atoms with van der Waals surface area (Å²) in [5.74, 6) is 0.377. The summed E-state index contributed by atoms with van der Waals surface area (Å²) in [6, 6.07) is 19.2. The standard InChI is InChI=1S/C24H21FN2O4/c1-30-20-10-6-17(7-11-20)24(18-8-12-21(31-2)13-9-18)22(28)27(23(29)26-24)15-16-4-3-5-19(25)14-16/h3-14H,15H2,1-2H3,(H,26,29). The lowest BCUT2D eigenvalue weighted by Gasteiger charge is -2.28. The number of halogens is 1. The van der Waals surface area contributed by atoms with Crippen LogP contribution in [-0.4, -0.2) is 31.1 Å². The summed E-state index contributed by atoms with van der Waals surface area (Å²) in [5, 5.41) is 2.87. The SMILES string of the molecule is COc1ccc(C2(c3ccc(OC)cc3)NC(=O)N(Cc3cccc(F)c3)C2=O)cc1. The number of nitrogens with zero attached hydrogens (tertiary/aromatic N) is 1. The summed E-state index contributed by atoms with van der Waals surface area (Å²) in [7, 11) is 3.11. The number of imide groups is 1. The molecule has 1 aliphatic heterocycles. The van der Waals surface area contributed by atoms with E-state index in [4.69, 9.17) is 9.47 Å². The highest BCUT2D eigenvalue weighted by Crippen LogP contribution is 2.38. The van der Waals surface area contributed by atoms with Crippen LogP contribution >= 0.6 is 0 Å². The number of carbonyl (C=O) groups excluding carboxylic acids is 2. The Morgan fingerprint density at radius 2 is 1.42 bits per heavy atom. The number of nitrogens with one attached hydrogen (secondary N) is 1. The minimum Gasteiger partial charge on any atom is -0.497 e. The molecule has 1 saturated heterocycles. The first kappa shape index (κ1) is 20.4. The Labute approximate surface area is 179 Å². The molecule has 1 aliphatic rings. The van der Waals surface area contributed by atoms with Crippen LogP contribution in [0.15, 0.2) is 72.8 Å². The van der Waals surface area contributed by atoms with E-state index in [1.54, 1.807) is 74.9 Å². The first-order valence-electron chi connectivity index (χ1n) is 9.65. The zero-order valence-electron chi connectivity index (χ0n) is 17.1. The molecule has 0 aliphatic carbocycles. The average molecular weight is 420 g/mol. The van der Waals surface area contributed by atoms with E-state index in [0.29, 0.717) is 28.2 Å². The van der Waals surface area contributed by atoms with Gasteiger partial charge in [-0.2, -0.15) is 0 Å². The van der Waals surface area contributed by atoms with E-state index in [-0.39, 0.29) is 6.54 Å². The van der Waals surface area contributed by atoms with Gasteiger partial charge in [0, 0.05) is 0 Å². The number of rotatable bonds is 6. The molecule has 158 valence electrons. The third kappa shape index (κ3) is 3.59. The van der Waals surface area contributed by atoms with E-state index >= 15 is 0 Å². The molecule has 1 fully saturated rings. The van der Waals surface area contributed by atoms with Crippen LogP contribution in [0.5, 0.6) is 11.5 Å². The number of urea groups is 1. The number of benzene rings is 3. The maximum atomic E-state index is 13.7. The Hall–Kier alpha value is -3.87. The van der Waals surface area contributed by atoms with Gasteiger partial charge < -0.3 is 14.8 Å². The van der Waals surface area contributed by atoms with Gasteiger partial charge in [-0.05, 0) is 53.1 Å². The lowest BCUT2D eigenvalue weighted by molar-refractivity contribution is -0.130. The Balaban J connectivity index is 1.80. The molecule has 0 spiro atoms. The maximum absolute atomic E-state index is 13.7. The van der Waals surface area contributed by atoms with Crippen LogP contribution in [0.3, 0.4) is 0 Å². The summed E-state index contributed by atoms with van der Waals surface area (Å²) < 4.78 is 24.1. The van der Waals surface area contributed by atoms with E-state index in [2.05, 4.69) is 5.32 Å². The quantitative estimate of drug-likeness (QED) is 0.616. The molecule has 1 N–H and O–H groups in total. The normalized spacial score (nSPS) is 15.0. The van der Waals surface area contributed by atoms with Crippen molar-refractivity contribution in [2.24, 2.45) is 0 Å². The summed E-state index contributed by atoms with van der Waals surface area (Å²) in [6.07, 6.45) is 0. The van der Waals surface area contributed by atoms with Crippen LogP contribution in [0, 0.1) is 5.82 Å². The third-order valence-electron chi connectivity index (χ3n) is 5.38. The summed E-state index contributed by atoms with van der Waals surface area (Å²) >= 11 is 0. The summed E-state index contributed by atoms with van der Waals surface area (Å²) in [4.78, 5) is 27.8. The van der Waals surface area contributed by atoms with E-state index in [0.717, 1.165) is 4.90 Å². The molecule has 0 unspecified atom stereocenters. The molecular weight excluding hydrogens is 399 g/mol. The van der Waals surface area contributed by atoms with Crippen molar-refractivity contribution in [2.75, 3.05) is 14.2 Å². The molecule has 3 amide bonds. The van der Waals surface area contributed by atoms with Crippen LogP contribution in [0.1, 0.15) is 16.7 Å². The average Bonchev–Trinajstić information content (AvgIpc) is 3.05. The van der Waals surface area contributed by atoms with E-state index < -0.39 is 23.3 Å². The van der Waals surface area contributed by atoms with Crippen molar-refractivity contribution in [3.63, 3.8) is 0 Å². The second-order valence-corrected chi connectivity index (χ2v) is 7.16. The molecule has 3 aromatic carbocycles. The molecule has 0 aromatic heterocycles. The van der Waals surface area contributed by atoms with Gasteiger partial charge in [0.1, 0.15) is 17.3 Å². The van der Waals surface area contributed by atoms with E-state index in [1.165, 1.54) is 12.1 Å². The molecule has 1 heterocycles. The van der Waals surface area contributed by atoms with Gasteiger partial charge in [-0.3, -0.25) is 9.69 Å². The second kappa shape index (κ2) is 8.10. The molecule has 4 rings (SSSR count). The molecule has 6 nitrogen and oxygen atoms in total. The van der Waals surface area contributed by atoms with Gasteiger partial charge in [-0.15, -0.1) is 0 Å².